The van der Waals surface area contributed by atoms with Gasteiger partial charge in [-0.25, -0.2) is 4.98 Å². The third kappa shape index (κ3) is 4.40. The van der Waals surface area contributed by atoms with Crippen LogP contribution in [-0.4, -0.2) is 22.0 Å². The Labute approximate surface area is 146 Å². The predicted octanol–water partition coefficient (Wildman–Crippen LogP) is 4.06. The van der Waals surface area contributed by atoms with E-state index in [1.807, 2.05) is 41.9 Å². The first-order chi connectivity index (χ1) is 11.7. The van der Waals surface area contributed by atoms with Crippen molar-refractivity contribution in [2.75, 3.05) is 7.11 Å². The normalized spacial score (nSPS) is 11.0. The lowest BCUT2D eigenvalue weighted by Gasteiger charge is -2.22. The molecule has 0 atom stereocenters. The number of aromatic nitrogens is 2. The standard InChI is InChI=1S/C19H21N3OS/c1-15-8-10-24-18(15)14-22(13-17-5-3-4-9-20-17)12-16-6-7-19(23-2)21-11-16/h3-11H,12-14H2,1-2H3. The molecule has 3 aromatic heterocycles. The number of hydrogen-bond acceptors (Lipinski definition) is 5. The Hall–Kier alpha value is -2.24. The lowest BCUT2D eigenvalue weighted by Crippen LogP contribution is -2.23. The summed E-state index contributed by atoms with van der Waals surface area (Å²) in [5, 5.41) is 2.15. The number of thiophene rings is 1. The summed E-state index contributed by atoms with van der Waals surface area (Å²) in [6, 6.07) is 12.2. The van der Waals surface area contributed by atoms with Crippen LogP contribution >= 0.6 is 11.3 Å². The van der Waals surface area contributed by atoms with Gasteiger partial charge in [0.2, 0.25) is 5.88 Å². The lowest BCUT2D eigenvalue weighted by molar-refractivity contribution is 0.246. The molecule has 0 aliphatic carbocycles. The second-order valence-corrected chi connectivity index (χ2v) is 6.70. The highest BCUT2D eigenvalue weighted by molar-refractivity contribution is 7.10. The zero-order chi connectivity index (χ0) is 16.8. The van der Waals surface area contributed by atoms with E-state index in [0.717, 1.165) is 25.3 Å². The van der Waals surface area contributed by atoms with Crippen molar-refractivity contribution in [1.29, 1.82) is 0 Å². The molecule has 5 heteroatoms. The van der Waals surface area contributed by atoms with E-state index in [4.69, 9.17) is 4.74 Å². The summed E-state index contributed by atoms with van der Waals surface area (Å²) < 4.78 is 5.14. The molecule has 3 aromatic rings. The molecule has 124 valence electrons. The molecule has 0 fully saturated rings. The van der Waals surface area contributed by atoms with Crippen molar-refractivity contribution in [3.8, 4) is 5.88 Å². The fraction of sp³-hybridized carbons (Fsp3) is 0.263. The summed E-state index contributed by atoms with van der Waals surface area (Å²) in [6.45, 7) is 4.71. The van der Waals surface area contributed by atoms with Gasteiger partial charge in [-0.3, -0.25) is 9.88 Å². The van der Waals surface area contributed by atoms with Crippen LogP contribution in [0.3, 0.4) is 0 Å². The number of ether oxygens (including phenoxy) is 1. The Balaban J connectivity index is 1.76. The van der Waals surface area contributed by atoms with Crippen LogP contribution in [0.2, 0.25) is 0 Å². The molecule has 0 amide bonds. The van der Waals surface area contributed by atoms with Crippen LogP contribution in [0.25, 0.3) is 0 Å². The molecule has 0 spiro atoms. The molecule has 0 aromatic carbocycles. The van der Waals surface area contributed by atoms with E-state index in [9.17, 15) is 0 Å². The van der Waals surface area contributed by atoms with E-state index in [2.05, 4.69) is 45.4 Å². The molecule has 0 unspecified atom stereocenters. The Morgan fingerprint density at radius 3 is 2.58 bits per heavy atom. The van der Waals surface area contributed by atoms with Gasteiger partial charge in [0.05, 0.1) is 12.8 Å². The molecule has 24 heavy (non-hydrogen) atoms. The average Bonchev–Trinajstić information content (AvgIpc) is 3.01. The minimum atomic E-state index is 0.643. The number of aryl methyl sites for hydroxylation is 1. The lowest BCUT2D eigenvalue weighted by atomic mass is 10.2. The van der Waals surface area contributed by atoms with Crippen LogP contribution in [0.4, 0.5) is 0 Å². The van der Waals surface area contributed by atoms with Crippen LogP contribution in [0.15, 0.2) is 54.2 Å². The number of nitrogens with zero attached hydrogens (tertiary/aromatic N) is 3. The number of hydrogen-bond donors (Lipinski definition) is 0. The SMILES string of the molecule is COc1ccc(CN(Cc2ccccn2)Cc2sccc2C)cn1. The summed E-state index contributed by atoms with van der Waals surface area (Å²) in [5.74, 6) is 0.643. The molecule has 0 radical (unpaired) electrons. The molecule has 3 rings (SSSR count). The van der Waals surface area contributed by atoms with Crippen LogP contribution < -0.4 is 4.74 Å². The number of pyridine rings is 2. The Morgan fingerprint density at radius 2 is 1.96 bits per heavy atom. The molecule has 0 saturated heterocycles. The molecule has 0 N–H and O–H groups in total. The first kappa shape index (κ1) is 16.6. The van der Waals surface area contributed by atoms with Gasteiger partial charge in [0.25, 0.3) is 0 Å². The molecule has 0 aliphatic rings. The number of methoxy groups -OCH3 is 1. The largest absolute Gasteiger partial charge is 0.481 e. The highest BCUT2D eigenvalue weighted by atomic mass is 32.1. The van der Waals surface area contributed by atoms with Gasteiger partial charge < -0.3 is 4.74 Å². The van der Waals surface area contributed by atoms with Gasteiger partial charge in [-0.1, -0.05) is 12.1 Å². The second-order valence-electron chi connectivity index (χ2n) is 5.70. The number of rotatable bonds is 7. The highest BCUT2D eigenvalue weighted by Gasteiger charge is 2.12. The zero-order valence-corrected chi connectivity index (χ0v) is 14.8. The molecule has 4 nitrogen and oxygen atoms in total. The summed E-state index contributed by atoms with van der Waals surface area (Å²) in [6.07, 6.45) is 3.73. The van der Waals surface area contributed by atoms with Gasteiger partial charge in [0, 0.05) is 43.0 Å². The Kier molecular flexibility index (Phi) is 5.56. The van der Waals surface area contributed by atoms with Crippen molar-refractivity contribution in [2.24, 2.45) is 0 Å². The average molecular weight is 339 g/mol. The molecule has 0 saturated carbocycles. The van der Waals surface area contributed by atoms with Gasteiger partial charge in [0.15, 0.2) is 0 Å². The van der Waals surface area contributed by atoms with E-state index in [1.165, 1.54) is 16.0 Å². The van der Waals surface area contributed by atoms with Crippen molar-refractivity contribution >= 4 is 11.3 Å². The van der Waals surface area contributed by atoms with E-state index in [-0.39, 0.29) is 0 Å². The van der Waals surface area contributed by atoms with Crippen molar-refractivity contribution in [2.45, 2.75) is 26.6 Å². The maximum Gasteiger partial charge on any atom is 0.212 e. The Morgan fingerprint density at radius 1 is 1.04 bits per heavy atom. The Bertz CT molecular complexity index is 756. The van der Waals surface area contributed by atoms with Gasteiger partial charge in [0.1, 0.15) is 0 Å². The molecule has 0 aliphatic heterocycles. The van der Waals surface area contributed by atoms with E-state index >= 15 is 0 Å². The second kappa shape index (κ2) is 8.04. The first-order valence-electron chi connectivity index (χ1n) is 7.89. The first-order valence-corrected chi connectivity index (χ1v) is 8.76. The van der Waals surface area contributed by atoms with Crippen molar-refractivity contribution in [3.63, 3.8) is 0 Å². The molecular weight excluding hydrogens is 318 g/mol. The molecule has 3 heterocycles. The van der Waals surface area contributed by atoms with Gasteiger partial charge >= 0.3 is 0 Å². The van der Waals surface area contributed by atoms with Gasteiger partial charge in [-0.15, -0.1) is 11.3 Å². The third-order valence-electron chi connectivity index (χ3n) is 3.86. The molecule has 0 bridgehead atoms. The van der Waals surface area contributed by atoms with Crippen LogP contribution in [0.5, 0.6) is 5.88 Å². The predicted molar refractivity (Wildman–Crippen MR) is 97.0 cm³/mol. The zero-order valence-electron chi connectivity index (χ0n) is 14.0. The minimum absolute atomic E-state index is 0.643. The van der Waals surface area contributed by atoms with Gasteiger partial charge in [-0.05, 0) is 41.6 Å². The van der Waals surface area contributed by atoms with E-state index in [0.29, 0.717) is 5.88 Å². The topological polar surface area (TPSA) is 38.2 Å². The summed E-state index contributed by atoms with van der Waals surface area (Å²) in [4.78, 5) is 12.6. The molecular formula is C19H21N3OS. The van der Waals surface area contributed by atoms with Gasteiger partial charge in [-0.2, -0.15) is 0 Å². The maximum atomic E-state index is 5.14. The van der Waals surface area contributed by atoms with E-state index in [1.54, 1.807) is 7.11 Å². The fourth-order valence-corrected chi connectivity index (χ4v) is 3.49. The fourth-order valence-electron chi connectivity index (χ4n) is 2.54. The van der Waals surface area contributed by atoms with E-state index < -0.39 is 0 Å². The monoisotopic (exact) mass is 339 g/mol. The van der Waals surface area contributed by atoms with Crippen LogP contribution in [-0.2, 0) is 19.6 Å². The summed E-state index contributed by atoms with van der Waals surface area (Å²) in [7, 11) is 1.63. The third-order valence-corrected chi connectivity index (χ3v) is 4.87. The van der Waals surface area contributed by atoms with Crippen molar-refractivity contribution in [3.05, 3.63) is 75.9 Å². The van der Waals surface area contributed by atoms with Crippen LogP contribution in [0.1, 0.15) is 21.7 Å². The van der Waals surface area contributed by atoms with Crippen molar-refractivity contribution < 1.29 is 4.74 Å². The smallest absolute Gasteiger partial charge is 0.212 e. The quantitative estimate of drug-likeness (QED) is 0.651. The summed E-state index contributed by atoms with van der Waals surface area (Å²) >= 11 is 1.81. The van der Waals surface area contributed by atoms with Crippen LogP contribution in [0, 0.1) is 6.92 Å². The highest BCUT2D eigenvalue weighted by Crippen LogP contribution is 2.20. The van der Waals surface area contributed by atoms with Crippen molar-refractivity contribution in [1.82, 2.24) is 14.9 Å². The summed E-state index contributed by atoms with van der Waals surface area (Å²) in [5.41, 5.74) is 3.59. The minimum Gasteiger partial charge on any atom is -0.481 e. The maximum absolute atomic E-state index is 5.14.